The lowest BCUT2D eigenvalue weighted by Gasteiger charge is -2.12. The first-order chi connectivity index (χ1) is 14.4. The molecule has 0 aliphatic rings. The Labute approximate surface area is 171 Å². The molecule has 0 bridgehead atoms. The van der Waals surface area contributed by atoms with Crippen LogP contribution in [0.15, 0.2) is 54.9 Å². The van der Waals surface area contributed by atoms with E-state index in [2.05, 4.69) is 15.4 Å². The molecule has 3 aromatic rings. The zero-order valence-corrected chi connectivity index (χ0v) is 16.3. The Morgan fingerprint density at radius 1 is 1.20 bits per heavy atom. The second-order valence-electron chi connectivity index (χ2n) is 6.60. The minimum Gasteiger partial charge on any atom is -0.452 e. The van der Waals surface area contributed by atoms with E-state index < -0.39 is 23.4 Å². The summed E-state index contributed by atoms with van der Waals surface area (Å²) in [6.45, 7) is 3.19. The third-order valence-electron chi connectivity index (χ3n) is 4.15. The second-order valence-corrected chi connectivity index (χ2v) is 6.60. The van der Waals surface area contributed by atoms with Crippen LogP contribution in [0.5, 0.6) is 0 Å². The van der Waals surface area contributed by atoms with Gasteiger partial charge in [-0.15, -0.1) is 0 Å². The van der Waals surface area contributed by atoms with Crippen LogP contribution in [0, 0.1) is 10.1 Å². The average Bonchev–Trinajstić information content (AvgIpc) is 3.18. The number of hydrogen-bond acceptors (Lipinski definition) is 7. The molecule has 0 saturated heterocycles. The summed E-state index contributed by atoms with van der Waals surface area (Å²) in [5.41, 5.74) is 0.581. The van der Waals surface area contributed by atoms with E-state index in [-0.39, 0.29) is 22.9 Å². The molecule has 1 N–H and O–H groups in total. The summed E-state index contributed by atoms with van der Waals surface area (Å²) >= 11 is 0. The van der Waals surface area contributed by atoms with E-state index in [0.29, 0.717) is 11.5 Å². The summed E-state index contributed by atoms with van der Waals surface area (Å²) < 4.78 is 6.66. The first-order valence-electron chi connectivity index (χ1n) is 9.08. The molecule has 0 fully saturated rings. The van der Waals surface area contributed by atoms with Gasteiger partial charge < -0.3 is 10.1 Å². The van der Waals surface area contributed by atoms with Crippen LogP contribution >= 0.6 is 0 Å². The highest BCUT2D eigenvalue weighted by molar-refractivity contribution is 5.97. The number of nitrogens with one attached hydrogen (secondary N) is 1. The summed E-state index contributed by atoms with van der Waals surface area (Å²) in [4.78, 5) is 39.3. The maximum atomic E-state index is 12.6. The van der Waals surface area contributed by atoms with E-state index in [4.69, 9.17) is 4.74 Å². The number of anilines is 1. The van der Waals surface area contributed by atoms with Crippen molar-refractivity contribution in [3.63, 3.8) is 0 Å². The zero-order valence-electron chi connectivity index (χ0n) is 16.3. The van der Waals surface area contributed by atoms with Crippen molar-refractivity contribution in [2.75, 3.05) is 11.9 Å². The normalized spacial score (nSPS) is 10.6. The standard InChI is InChI=1S/C20H19N5O5/c1-13(2)19-14(11-22-24(19)17-9-5-6-10-21-17)20(27)30-12-18(26)23-15-7-3-4-8-16(15)25(28)29/h3-11,13H,12H2,1-2H3,(H,23,26). The van der Waals surface area contributed by atoms with E-state index >= 15 is 0 Å². The van der Waals surface area contributed by atoms with Gasteiger partial charge in [0.25, 0.3) is 11.6 Å². The fraction of sp³-hybridized carbons (Fsp3) is 0.200. The van der Waals surface area contributed by atoms with Gasteiger partial charge in [0.05, 0.1) is 16.8 Å². The summed E-state index contributed by atoms with van der Waals surface area (Å²) in [7, 11) is 0. The molecule has 154 valence electrons. The number of rotatable bonds is 7. The first kappa shape index (κ1) is 20.6. The van der Waals surface area contributed by atoms with Crippen molar-refractivity contribution in [3.05, 3.63) is 76.2 Å². The third-order valence-corrected chi connectivity index (χ3v) is 4.15. The molecular weight excluding hydrogens is 390 g/mol. The van der Waals surface area contributed by atoms with Gasteiger partial charge in [0.2, 0.25) is 0 Å². The number of nitro benzene ring substituents is 1. The number of pyridine rings is 1. The molecule has 2 heterocycles. The number of hydrogen-bond donors (Lipinski definition) is 1. The fourth-order valence-corrected chi connectivity index (χ4v) is 2.87. The van der Waals surface area contributed by atoms with E-state index in [9.17, 15) is 19.7 Å². The second kappa shape index (κ2) is 8.95. The molecule has 0 atom stereocenters. The highest BCUT2D eigenvalue weighted by Crippen LogP contribution is 2.24. The molecule has 0 unspecified atom stereocenters. The molecule has 10 heteroatoms. The van der Waals surface area contributed by atoms with Crippen LogP contribution in [0.4, 0.5) is 11.4 Å². The molecule has 1 aromatic carbocycles. The summed E-state index contributed by atoms with van der Waals surface area (Å²) in [6, 6.07) is 11.0. The van der Waals surface area contributed by atoms with Gasteiger partial charge in [-0.1, -0.05) is 32.0 Å². The number of benzene rings is 1. The van der Waals surface area contributed by atoms with Gasteiger partial charge >= 0.3 is 5.97 Å². The van der Waals surface area contributed by atoms with Crippen molar-refractivity contribution < 1.29 is 19.2 Å². The highest BCUT2D eigenvalue weighted by Gasteiger charge is 2.23. The van der Waals surface area contributed by atoms with Crippen molar-refractivity contribution >= 4 is 23.3 Å². The maximum absolute atomic E-state index is 12.6. The summed E-state index contributed by atoms with van der Waals surface area (Å²) in [5, 5.41) is 17.6. The fourth-order valence-electron chi connectivity index (χ4n) is 2.87. The Morgan fingerprint density at radius 3 is 2.60 bits per heavy atom. The zero-order chi connectivity index (χ0) is 21.7. The van der Waals surface area contributed by atoms with Crippen molar-refractivity contribution in [3.8, 4) is 5.82 Å². The highest BCUT2D eigenvalue weighted by atomic mass is 16.6. The van der Waals surface area contributed by atoms with Crippen molar-refractivity contribution in [1.29, 1.82) is 0 Å². The minimum absolute atomic E-state index is 0.0226. The molecule has 3 rings (SSSR count). The Kier molecular flexibility index (Phi) is 6.16. The Morgan fingerprint density at radius 2 is 1.93 bits per heavy atom. The van der Waals surface area contributed by atoms with Gasteiger partial charge in [-0.25, -0.2) is 14.5 Å². The number of carbonyl (C=O) groups is 2. The number of esters is 1. The molecule has 0 aliphatic heterocycles. The average molecular weight is 409 g/mol. The molecule has 0 spiro atoms. The molecule has 30 heavy (non-hydrogen) atoms. The number of para-hydroxylation sites is 2. The third kappa shape index (κ3) is 4.49. The van der Waals surface area contributed by atoms with Gasteiger partial charge in [-0.3, -0.25) is 14.9 Å². The number of aromatic nitrogens is 3. The molecule has 10 nitrogen and oxygen atoms in total. The van der Waals surface area contributed by atoms with Crippen LogP contribution in [-0.4, -0.2) is 38.2 Å². The Hall–Kier alpha value is -4.08. The van der Waals surface area contributed by atoms with Crippen LogP contribution in [0.3, 0.4) is 0 Å². The van der Waals surface area contributed by atoms with E-state index in [1.807, 2.05) is 13.8 Å². The SMILES string of the molecule is CC(C)c1c(C(=O)OCC(=O)Nc2ccccc2[N+](=O)[O-])cnn1-c1ccccn1. The van der Waals surface area contributed by atoms with Gasteiger partial charge in [-0.2, -0.15) is 5.10 Å². The van der Waals surface area contributed by atoms with E-state index in [1.165, 1.54) is 24.4 Å². The molecule has 1 amide bonds. The lowest BCUT2D eigenvalue weighted by Crippen LogP contribution is -2.22. The summed E-state index contributed by atoms with van der Waals surface area (Å²) in [6.07, 6.45) is 2.98. The van der Waals surface area contributed by atoms with Crippen molar-refractivity contribution in [2.24, 2.45) is 0 Å². The summed E-state index contributed by atoms with van der Waals surface area (Å²) in [5.74, 6) is -0.938. The van der Waals surface area contributed by atoms with Crippen LogP contribution < -0.4 is 5.32 Å². The predicted molar refractivity (Wildman–Crippen MR) is 107 cm³/mol. The van der Waals surface area contributed by atoms with Gasteiger partial charge in [0, 0.05) is 12.3 Å². The van der Waals surface area contributed by atoms with E-state index in [1.54, 1.807) is 35.1 Å². The van der Waals surface area contributed by atoms with Gasteiger partial charge in [0.1, 0.15) is 11.3 Å². The topological polar surface area (TPSA) is 129 Å². The minimum atomic E-state index is -0.724. The van der Waals surface area contributed by atoms with Crippen LogP contribution in [0.25, 0.3) is 5.82 Å². The predicted octanol–water partition coefficient (Wildman–Crippen LogP) is 3.09. The largest absolute Gasteiger partial charge is 0.452 e. The van der Waals surface area contributed by atoms with Gasteiger partial charge in [0.15, 0.2) is 12.4 Å². The number of carbonyl (C=O) groups excluding carboxylic acids is 2. The lowest BCUT2D eigenvalue weighted by atomic mass is 10.1. The van der Waals surface area contributed by atoms with Crippen LogP contribution in [0.2, 0.25) is 0 Å². The van der Waals surface area contributed by atoms with Gasteiger partial charge in [-0.05, 0) is 24.1 Å². The van der Waals surface area contributed by atoms with Crippen LogP contribution in [0.1, 0.15) is 35.8 Å². The molecule has 0 saturated carbocycles. The number of ether oxygens (including phenoxy) is 1. The quantitative estimate of drug-likeness (QED) is 0.360. The molecule has 0 radical (unpaired) electrons. The lowest BCUT2D eigenvalue weighted by molar-refractivity contribution is -0.383. The van der Waals surface area contributed by atoms with Crippen molar-refractivity contribution in [2.45, 2.75) is 19.8 Å². The molecular formula is C20H19N5O5. The maximum Gasteiger partial charge on any atom is 0.342 e. The number of nitrogens with zero attached hydrogens (tertiary/aromatic N) is 4. The number of amides is 1. The number of nitro groups is 1. The molecule has 2 aromatic heterocycles. The van der Waals surface area contributed by atoms with Crippen LogP contribution in [-0.2, 0) is 9.53 Å². The molecule has 0 aliphatic carbocycles. The Balaban J connectivity index is 1.72. The smallest absolute Gasteiger partial charge is 0.342 e. The monoisotopic (exact) mass is 409 g/mol. The van der Waals surface area contributed by atoms with Crippen molar-refractivity contribution in [1.82, 2.24) is 14.8 Å². The first-order valence-corrected chi connectivity index (χ1v) is 9.08. The Bertz CT molecular complexity index is 1080. The van der Waals surface area contributed by atoms with E-state index in [0.717, 1.165) is 0 Å².